The van der Waals surface area contributed by atoms with Crippen molar-refractivity contribution >= 4 is 17.6 Å². The topological polar surface area (TPSA) is 71.5 Å². The van der Waals surface area contributed by atoms with Crippen molar-refractivity contribution in [2.75, 3.05) is 0 Å². The molecule has 1 unspecified atom stereocenters. The van der Waals surface area contributed by atoms with E-state index >= 15 is 0 Å². The minimum atomic E-state index is -0.0348. The van der Waals surface area contributed by atoms with Crippen molar-refractivity contribution in [3.05, 3.63) is 24.5 Å². The number of aromatic nitrogens is 1. The molecule has 13 heavy (non-hydrogen) atoms. The maximum absolute atomic E-state index is 8.42. The number of hydrogen-bond acceptors (Lipinski definition) is 4. The Morgan fingerprint density at radius 3 is 2.77 bits per heavy atom. The van der Waals surface area contributed by atoms with E-state index in [-0.39, 0.29) is 11.1 Å². The number of pyridine rings is 1. The van der Waals surface area contributed by atoms with Gasteiger partial charge in [0.1, 0.15) is 0 Å². The molecule has 0 aromatic carbocycles. The van der Waals surface area contributed by atoms with E-state index in [0.717, 1.165) is 4.90 Å². The number of nitrogens with two attached hydrogens (primary N) is 1. The standard InChI is InChI=1S/C8H11N3OS/c1-6(8(9)11-12)13-7-2-4-10-5-3-7/h2-6,12H,1H3,(H2,9,11). The fourth-order valence-corrected chi connectivity index (χ4v) is 1.62. The summed E-state index contributed by atoms with van der Waals surface area (Å²) in [5.74, 6) is 0.224. The first-order valence-electron chi connectivity index (χ1n) is 3.78. The third-order valence-electron chi connectivity index (χ3n) is 1.49. The Morgan fingerprint density at radius 1 is 1.62 bits per heavy atom. The van der Waals surface area contributed by atoms with Crippen LogP contribution in [0, 0.1) is 0 Å². The van der Waals surface area contributed by atoms with E-state index in [4.69, 9.17) is 10.9 Å². The molecule has 0 saturated carbocycles. The van der Waals surface area contributed by atoms with Crippen LogP contribution in [0.1, 0.15) is 6.92 Å². The molecular formula is C8H11N3OS. The van der Waals surface area contributed by atoms with Gasteiger partial charge in [-0.05, 0) is 19.1 Å². The zero-order chi connectivity index (χ0) is 9.68. The summed E-state index contributed by atoms with van der Waals surface area (Å²) < 4.78 is 0. The minimum Gasteiger partial charge on any atom is -0.409 e. The Hall–Kier alpha value is -1.23. The van der Waals surface area contributed by atoms with Gasteiger partial charge in [0.25, 0.3) is 0 Å². The highest BCUT2D eigenvalue weighted by Gasteiger charge is 2.08. The van der Waals surface area contributed by atoms with Crippen LogP contribution >= 0.6 is 11.8 Å². The zero-order valence-electron chi connectivity index (χ0n) is 7.21. The molecule has 1 aromatic rings. The SMILES string of the molecule is CC(Sc1ccncc1)C(N)=NO. The normalized spacial score (nSPS) is 14.1. The second-order valence-electron chi connectivity index (χ2n) is 2.47. The van der Waals surface area contributed by atoms with Crippen LogP contribution < -0.4 is 5.73 Å². The molecule has 70 valence electrons. The molecule has 0 amide bonds. The van der Waals surface area contributed by atoms with Gasteiger partial charge in [0, 0.05) is 17.3 Å². The van der Waals surface area contributed by atoms with Crippen molar-refractivity contribution in [1.29, 1.82) is 0 Å². The molecule has 4 nitrogen and oxygen atoms in total. The molecular weight excluding hydrogens is 186 g/mol. The van der Waals surface area contributed by atoms with Crippen LogP contribution in [-0.4, -0.2) is 21.3 Å². The molecule has 1 rings (SSSR count). The second-order valence-corrected chi connectivity index (χ2v) is 3.88. The van der Waals surface area contributed by atoms with Crippen LogP contribution in [0.25, 0.3) is 0 Å². The van der Waals surface area contributed by atoms with Crippen LogP contribution in [0.4, 0.5) is 0 Å². The van der Waals surface area contributed by atoms with E-state index in [9.17, 15) is 0 Å². The summed E-state index contributed by atoms with van der Waals surface area (Å²) in [6, 6.07) is 3.76. The van der Waals surface area contributed by atoms with E-state index in [2.05, 4.69) is 10.1 Å². The van der Waals surface area contributed by atoms with Crippen LogP contribution in [0.15, 0.2) is 34.6 Å². The van der Waals surface area contributed by atoms with E-state index in [1.54, 1.807) is 12.4 Å². The van der Waals surface area contributed by atoms with Gasteiger partial charge in [-0.2, -0.15) is 0 Å². The van der Waals surface area contributed by atoms with Crippen molar-refractivity contribution in [2.24, 2.45) is 10.9 Å². The lowest BCUT2D eigenvalue weighted by Crippen LogP contribution is -2.23. The van der Waals surface area contributed by atoms with Crippen LogP contribution in [-0.2, 0) is 0 Å². The fraction of sp³-hybridized carbons (Fsp3) is 0.250. The lowest BCUT2D eigenvalue weighted by Gasteiger charge is -2.07. The van der Waals surface area contributed by atoms with Gasteiger partial charge in [-0.1, -0.05) is 5.16 Å². The largest absolute Gasteiger partial charge is 0.409 e. The molecule has 0 saturated heterocycles. The molecule has 0 aliphatic rings. The summed E-state index contributed by atoms with van der Waals surface area (Å²) in [5, 5.41) is 11.3. The Kier molecular flexibility index (Phi) is 3.57. The second kappa shape index (κ2) is 4.71. The number of amidine groups is 1. The lowest BCUT2D eigenvalue weighted by molar-refractivity contribution is 0.317. The van der Waals surface area contributed by atoms with Crippen LogP contribution in [0.3, 0.4) is 0 Å². The van der Waals surface area contributed by atoms with Gasteiger partial charge in [-0.25, -0.2) is 0 Å². The van der Waals surface area contributed by atoms with Gasteiger partial charge in [0.15, 0.2) is 5.84 Å². The van der Waals surface area contributed by atoms with Crippen molar-refractivity contribution in [3.8, 4) is 0 Å². The third kappa shape index (κ3) is 2.95. The van der Waals surface area contributed by atoms with Crippen molar-refractivity contribution in [2.45, 2.75) is 17.1 Å². The van der Waals surface area contributed by atoms with E-state index in [0.29, 0.717) is 0 Å². The first-order valence-corrected chi connectivity index (χ1v) is 4.66. The average Bonchev–Trinajstić information content (AvgIpc) is 2.18. The maximum atomic E-state index is 8.42. The van der Waals surface area contributed by atoms with Gasteiger partial charge in [0.05, 0.1) is 5.25 Å². The minimum absolute atomic E-state index is 0.0348. The molecule has 3 N–H and O–H groups in total. The Balaban J connectivity index is 2.60. The first-order chi connectivity index (χ1) is 6.24. The summed E-state index contributed by atoms with van der Waals surface area (Å²) in [5.41, 5.74) is 5.43. The van der Waals surface area contributed by atoms with Gasteiger partial charge in [0.2, 0.25) is 0 Å². The molecule has 1 aromatic heterocycles. The highest BCUT2D eigenvalue weighted by Crippen LogP contribution is 2.21. The highest BCUT2D eigenvalue weighted by atomic mass is 32.2. The maximum Gasteiger partial charge on any atom is 0.152 e. The molecule has 0 fully saturated rings. The van der Waals surface area contributed by atoms with Gasteiger partial charge in [-0.15, -0.1) is 11.8 Å². The molecule has 0 bridgehead atoms. The quantitative estimate of drug-likeness (QED) is 0.252. The average molecular weight is 197 g/mol. The number of rotatable bonds is 3. The number of oxime groups is 1. The van der Waals surface area contributed by atoms with Gasteiger partial charge in [-0.3, -0.25) is 4.98 Å². The summed E-state index contributed by atoms with van der Waals surface area (Å²) in [7, 11) is 0. The van der Waals surface area contributed by atoms with Crippen LogP contribution in [0.2, 0.25) is 0 Å². The molecule has 5 heteroatoms. The zero-order valence-corrected chi connectivity index (χ0v) is 8.03. The molecule has 0 aliphatic carbocycles. The smallest absolute Gasteiger partial charge is 0.152 e. The molecule has 0 spiro atoms. The molecule has 1 heterocycles. The number of thioether (sulfide) groups is 1. The monoisotopic (exact) mass is 197 g/mol. The predicted molar refractivity (Wildman–Crippen MR) is 53.0 cm³/mol. The molecule has 1 atom stereocenters. The van der Waals surface area contributed by atoms with Crippen molar-refractivity contribution < 1.29 is 5.21 Å². The van der Waals surface area contributed by atoms with E-state index < -0.39 is 0 Å². The molecule has 0 radical (unpaired) electrons. The Bertz CT molecular complexity index is 289. The summed E-state index contributed by atoms with van der Waals surface area (Å²) >= 11 is 1.52. The van der Waals surface area contributed by atoms with Crippen LogP contribution in [0.5, 0.6) is 0 Å². The van der Waals surface area contributed by atoms with Crippen molar-refractivity contribution in [3.63, 3.8) is 0 Å². The summed E-state index contributed by atoms with van der Waals surface area (Å²) in [6.45, 7) is 1.88. The Morgan fingerprint density at radius 2 is 2.23 bits per heavy atom. The predicted octanol–water partition coefficient (Wildman–Crippen LogP) is 1.31. The van der Waals surface area contributed by atoms with Crippen molar-refractivity contribution in [1.82, 2.24) is 4.98 Å². The highest BCUT2D eigenvalue weighted by molar-refractivity contribution is 8.00. The summed E-state index contributed by atoms with van der Waals surface area (Å²) in [6.07, 6.45) is 3.42. The first kappa shape index (κ1) is 9.85. The number of nitrogens with zero attached hydrogens (tertiary/aromatic N) is 2. The van der Waals surface area contributed by atoms with E-state index in [1.165, 1.54) is 11.8 Å². The fourth-order valence-electron chi connectivity index (χ4n) is 0.763. The van der Waals surface area contributed by atoms with E-state index in [1.807, 2.05) is 19.1 Å². The van der Waals surface area contributed by atoms with Gasteiger partial charge >= 0.3 is 0 Å². The number of hydrogen-bond donors (Lipinski definition) is 2. The lowest BCUT2D eigenvalue weighted by atomic mass is 10.4. The molecule has 0 aliphatic heterocycles. The van der Waals surface area contributed by atoms with Gasteiger partial charge < -0.3 is 10.9 Å². The third-order valence-corrected chi connectivity index (χ3v) is 2.63. The Labute approximate surface area is 80.9 Å². The summed E-state index contributed by atoms with van der Waals surface area (Å²) in [4.78, 5) is 4.94.